The minimum absolute atomic E-state index is 0.589. The number of rotatable bonds is 7. The molecule has 0 saturated carbocycles. The van der Waals surface area contributed by atoms with Crippen molar-refractivity contribution < 1.29 is 0 Å². The van der Waals surface area contributed by atoms with Crippen LogP contribution in [0.1, 0.15) is 21.0 Å². The molecule has 25 heavy (non-hydrogen) atoms. The number of nitrogens with zero attached hydrogens (tertiary/aromatic N) is 2. The van der Waals surface area contributed by atoms with Crippen molar-refractivity contribution in [1.82, 2.24) is 10.3 Å². The van der Waals surface area contributed by atoms with Gasteiger partial charge >= 0.3 is 0 Å². The number of aromatic nitrogens is 1. The maximum absolute atomic E-state index is 4.75. The molecule has 3 heterocycles. The number of pyridine rings is 1. The Labute approximate surface area is 156 Å². The van der Waals surface area contributed by atoms with E-state index in [-0.39, 0.29) is 0 Å². The average Bonchev–Trinajstić information content (AvgIpc) is 3.30. The normalized spacial score (nSPS) is 11.3. The molecule has 0 fully saturated rings. The first-order valence-corrected chi connectivity index (χ1v) is 9.60. The smallest absolute Gasteiger partial charge is 0.119 e. The maximum atomic E-state index is 4.75. The van der Waals surface area contributed by atoms with Crippen LogP contribution in [-0.2, 0) is 6.54 Å². The number of hydrogen-bond acceptors (Lipinski definition) is 5. The van der Waals surface area contributed by atoms with E-state index in [0.717, 1.165) is 26.7 Å². The summed E-state index contributed by atoms with van der Waals surface area (Å²) in [6, 6.07) is 12.0. The number of thiophene rings is 2. The minimum atomic E-state index is 0.589. The van der Waals surface area contributed by atoms with Crippen LogP contribution >= 0.6 is 22.7 Å². The molecule has 5 heteroatoms. The molecule has 3 aromatic rings. The highest BCUT2D eigenvalue weighted by Crippen LogP contribution is 2.28. The molecule has 3 rings (SSSR count). The molecule has 0 aliphatic rings. The zero-order valence-corrected chi connectivity index (χ0v) is 15.7. The van der Waals surface area contributed by atoms with Gasteiger partial charge in [-0.3, -0.25) is 4.98 Å². The van der Waals surface area contributed by atoms with Crippen LogP contribution in [0.15, 0.2) is 77.3 Å². The zero-order chi connectivity index (χ0) is 17.6. The summed E-state index contributed by atoms with van der Waals surface area (Å²) in [6.07, 6.45) is 1.78. The summed E-state index contributed by atoms with van der Waals surface area (Å²) in [6.45, 7) is 11.0. The van der Waals surface area contributed by atoms with Gasteiger partial charge in [-0.25, -0.2) is 4.99 Å². The van der Waals surface area contributed by atoms with Gasteiger partial charge in [-0.05, 0) is 47.5 Å². The second kappa shape index (κ2) is 8.05. The summed E-state index contributed by atoms with van der Waals surface area (Å²) in [7, 11) is 0. The third kappa shape index (κ3) is 4.32. The van der Waals surface area contributed by atoms with Crippen LogP contribution in [-0.4, -0.2) is 10.7 Å². The summed E-state index contributed by atoms with van der Waals surface area (Å²) in [5, 5.41) is 7.36. The molecular weight excluding hydrogens is 346 g/mol. The van der Waals surface area contributed by atoms with Crippen LogP contribution in [0.4, 0.5) is 0 Å². The SMILES string of the molecule is C=C(/N=C(/C(=C)c1cccs1)c1sccc1C)NCc1ccccn1. The highest BCUT2D eigenvalue weighted by Gasteiger charge is 2.15. The van der Waals surface area contributed by atoms with Gasteiger partial charge in [-0.1, -0.05) is 25.3 Å². The summed E-state index contributed by atoms with van der Waals surface area (Å²) in [5.74, 6) is 0.603. The Balaban J connectivity index is 1.83. The van der Waals surface area contributed by atoms with Crippen molar-refractivity contribution in [3.05, 3.63) is 93.3 Å². The molecule has 126 valence electrons. The number of nitrogens with one attached hydrogen (secondary N) is 1. The zero-order valence-electron chi connectivity index (χ0n) is 14.0. The van der Waals surface area contributed by atoms with E-state index in [1.807, 2.05) is 29.6 Å². The van der Waals surface area contributed by atoms with Gasteiger partial charge < -0.3 is 5.32 Å². The van der Waals surface area contributed by atoms with Gasteiger partial charge in [0, 0.05) is 16.6 Å². The Bertz CT molecular complexity index is 890. The molecule has 0 amide bonds. The molecule has 0 bridgehead atoms. The first-order chi connectivity index (χ1) is 12.1. The van der Waals surface area contributed by atoms with Crippen LogP contribution in [0.5, 0.6) is 0 Å². The van der Waals surface area contributed by atoms with E-state index in [9.17, 15) is 0 Å². The van der Waals surface area contributed by atoms with E-state index in [4.69, 9.17) is 4.99 Å². The second-order valence-electron chi connectivity index (χ2n) is 5.47. The van der Waals surface area contributed by atoms with Crippen LogP contribution < -0.4 is 5.32 Å². The molecule has 0 unspecified atom stereocenters. The van der Waals surface area contributed by atoms with Crippen molar-refractivity contribution in [1.29, 1.82) is 0 Å². The number of aliphatic imine (C=N–C) groups is 1. The van der Waals surface area contributed by atoms with Crippen LogP contribution in [0.3, 0.4) is 0 Å². The molecular formula is C20H19N3S2. The highest BCUT2D eigenvalue weighted by atomic mass is 32.1. The molecule has 0 aromatic carbocycles. The molecule has 0 aliphatic carbocycles. The molecule has 3 aromatic heterocycles. The number of hydrogen-bond donors (Lipinski definition) is 1. The third-order valence-corrected chi connectivity index (χ3v) is 5.58. The fraction of sp³-hybridized carbons (Fsp3) is 0.100. The number of allylic oxidation sites excluding steroid dienone is 1. The molecule has 0 atom stereocenters. The second-order valence-corrected chi connectivity index (χ2v) is 7.33. The Morgan fingerprint density at radius 1 is 1.12 bits per heavy atom. The van der Waals surface area contributed by atoms with E-state index in [1.54, 1.807) is 28.9 Å². The number of aryl methyl sites for hydroxylation is 1. The van der Waals surface area contributed by atoms with Gasteiger partial charge in [0.25, 0.3) is 0 Å². The first kappa shape index (κ1) is 17.3. The fourth-order valence-electron chi connectivity index (χ4n) is 2.31. The molecule has 0 radical (unpaired) electrons. The van der Waals surface area contributed by atoms with Gasteiger partial charge in [-0.15, -0.1) is 22.7 Å². The predicted octanol–water partition coefficient (Wildman–Crippen LogP) is 5.28. The first-order valence-electron chi connectivity index (χ1n) is 7.84. The predicted molar refractivity (Wildman–Crippen MR) is 109 cm³/mol. The third-order valence-electron chi connectivity index (χ3n) is 3.63. The fourth-order valence-corrected chi connectivity index (χ4v) is 3.95. The van der Waals surface area contributed by atoms with E-state index < -0.39 is 0 Å². The summed E-state index contributed by atoms with van der Waals surface area (Å²) >= 11 is 3.34. The van der Waals surface area contributed by atoms with Crippen molar-refractivity contribution in [2.45, 2.75) is 13.5 Å². The van der Waals surface area contributed by atoms with Crippen molar-refractivity contribution >= 4 is 34.0 Å². The van der Waals surface area contributed by atoms with Gasteiger partial charge in [0.1, 0.15) is 5.82 Å². The van der Waals surface area contributed by atoms with E-state index in [1.165, 1.54) is 5.56 Å². The average molecular weight is 366 g/mol. The Morgan fingerprint density at radius 2 is 2.00 bits per heavy atom. The summed E-state index contributed by atoms with van der Waals surface area (Å²) in [4.78, 5) is 11.3. The van der Waals surface area contributed by atoms with Gasteiger partial charge in [0.15, 0.2) is 0 Å². The quantitative estimate of drug-likeness (QED) is 0.579. The van der Waals surface area contributed by atoms with Crippen LogP contribution in [0, 0.1) is 6.92 Å². The lowest BCUT2D eigenvalue weighted by Gasteiger charge is -2.11. The summed E-state index contributed by atoms with van der Waals surface area (Å²) < 4.78 is 0. The van der Waals surface area contributed by atoms with Crippen molar-refractivity contribution in [2.24, 2.45) is 4.99 Å². The largest absolute Gasteiger partial charge is 0.365 e. The van der Waals surface area contributed by atoms with E-state index in [2.05, 4.69) is 47.9 Å². The molecule has 1 N–H and O–H groups in total. The molecule has 0 spiro atoms. The van der Waals surface area contributed by atoms with Crippen molar-refractivity contribution in [3.8, 4) is 0 Å². The highest BCUT2D eigenvalue weighted by molar-refractivity contribution is 7.14. The topological polar surface area (TPSA) is 37.3 Å². The Morgan fingerprint density at radius 3 is 2.64 bits per heavy atom. The van der Waals surface area contributed by atoms with E-state index >= 15 is 0 Å². The molecule has 0 aliphatic heterocycles. The van der Waals surface area contributed by atoms with Gasteiger partial charge in [0.2, 0.25) is 0 Å². The van der Waals surface area contributed by atoms with E-state index in [0.29, 0.717) is 12.4 Å². The Kier molecular flexibility index (Phi) is 5.58. The molecule has 0 saturated heterocycles. The monoisotopic (exact) mass is 365 g/mol. The maximum Gasteiger partial charge on any atom is 0.119 e. The Hall–Kier alpha value is -2.50. The van der Waals surface area contributed by atoms with Gasteiger partial charge in [0.05, 0.1) is 22.8 Å². The summed E-state index contributed by atoms with van der Waals surface area (Å²) in [5.41, 5.74) is 3.93. The van der Waals surface area contributed by atoms with Crippen molar-refractivity contribution in [3.63, 3.8) is 0 Å². The van der Waals surface area contributed by atoms with Crippen LogP contribution in [0.25, 0.3) is 5.57 Å². The standard InChI is InChI=1S/C20H19N3S2/c1-14-9-12-25-20(14)19(15(2)18-8-6-11-24-18)23-16(3)22-13-17-7-4-5-10-21-17/h4-12,22H,2-3,13H2,1H3/b23-19-. The minimum Gasteiger partial charge on any atom is -0.365 e. The van der Waals surface area contributed by atoms with Crippen LogP contribution in [0.2, 0.25) is 0 Å². The lowest BCUT2D eigenvalue weighted by atomic mass is 10.1. The van der Waals surface area contributed by atoms with Gasteiger partial charge in [-0.2, -0.15) is 0 Å². The van der Waals surface area contributed by atoms with Crippen molar-refractivity contribution in [2.75, 3.05) is 0 Å². The lowest BCUT2D eigenvalue weighted by molar-refractivity contribution is 0.781. The lowest BCUT2D eigenvalue weighted by Crippen LogP contribution is -2.14. The molecule has 3 nitrogen and oxygen atoms in total.